The smallest absolute Gasteiger partial charge is 0.430 e. The molecule has 1 heterocycles. The van der Waals surface area contributed by atoms with E-state index in [2.05, 4.69) is 5.32 Å². The summed E-state index contributed by atoms with van der Waals surface area (Å²) < 4.78 is 10.2. The van der Waals surface area contributed by atoms with Crippen LogP contribution in [0.2, 0.25) is 0 Å². The van der Waals surface area contributed by atoms with Crippen LogP contribution in [0.15, 0.2) is 30.3 Å². The van der Waals surface area contributed by atoms with Gasteiger partial charge in [-0.3, -0.25) is 4.79 Å². The van der Waals surface area contributed by atoms with E-state index < -0.39 is 18.2 Å². The van der Waals surface area contributed by atoms with Crippen LogP contribution in [0.25, 0.3) is 0 Å². The number of aliphatic hydroxyl groups is 1. The first kappa shape index (κ1) is 16.3. The van der Waals surface area contributed by atoms with Gasteiger partial charge in [0.1, 0.15) is 12.7 Å². The number of rotatable bonds is 6. The number of benzene rings is 1. The lowest BCUT2D eigenvalue weighted by atomic mass is 9.79. The van der Waals surface area contributed by atoms with Gasteiger partial charge >= 0.3 is 6.16 Å². The number of ether oxygens (including phenoxy) is 2. The molecule has 1 aromatic carbocycles. The Bertz CT molecular complexity index is 519. The maximum atomic E-state index is 11.7. The molecule has 1 aliphatic heterocycles. The van der Waals surface area contributed by atoms with E-state index in [1.807, 2.05) is 37.3 Å². The summed E-state index contributed by atoms with van der Waals surface area (Å²) in [4.78, 5) is 23.3. The van der Waals surface area contributed by atoms with E-state index in [1.165, 1.54) is 0 Å². The van der Waals surface area contributed by atoms with Crippen molar-refractivity contribution in [3.8, 4) is 0 Å². The molecule has 6 heteroatoms. The van der Waals surface area contributed by atoms with Gasteiger partial charge in [-0.2, -0.15) is 0 Å². The Morgan fingerprint density at radius 1 is 1.32 bits per heavy atom. The zero-order chi connectivity index (χ0) is 16.1. The van der Waals surface area contributed by atoms with Gasteiger partial charge in [0.2, 0.25) is 5.91 Å². The van der Waals surface area contributed by atoms with Crippen LogP contribution in [0, 0.1) is 11.8 Å². The highest BCUT2D eigenvalue weighted by molar-refractivity contribution is 5.86. The summed E-state index contributed by atoms with van der Waals surface area (Å²) in [6, 6.07) is 9.08. The molecular weight excluding hydrogens is 286 g/mol. The maximum Gasteiger partial charge on any atom is 0.508 e. The number of carbonyl (C=O) groups is 2. The molecule has 2 rings (SSSR count). The lowest BCUT2D eigenvalue weighted by Crippen LogP contribution is -2.65. The number of nitrogens with one attached hydrogen (secondary N) is 1. The van der Waals surface area contributed by atoms with Crippen LogP contribution in [-0.2, 0) is 20.9 Å². The van der Waals surface area contributed by atoms with Crippen molar-refractivity contribution in [2.75, 3.05) is 6.61 Å². The quantitative estimate of drug-likeness (QED) is 0.614. The molecule has 2 unspecified atom stereocenters. The minimum absolute atomic E-state index is 0.0351. The zero-order valence-corrected chi connectivity index (χ0v) is 12.7. The van der Waals surface area contributed by atoms with Gasteiger partial charge in [0.25, 0.3) is 0 Å². The Kier molecular flexibility index (Phi) is 5.38. The van der Waals surface area contributed by atoms with Crippen molar-refractivity contribution in [2.24, 2.45) is 11.8 Å². The lowest BCUT2D eigenvalue weighted by molar-refractivity contribution is -0.144. The molecule has 120 valence electrons. The van der Waals surface area contributed by atoms with Crippen LogP contribution < -0.4 is 5.32 Å². The predicted molar refractivity (Wildman–Crippen MR) is 78.8 cm³/mol. The van der Waals surface area contributed by atoms with Crippen LogP contribution in [0.4, 0.5) is 4.79 Å². The third-order valence-electron chi connectivity index (χ3n) is 3.89. The topological polar surface area (TPSA) is 84.9 Å². The molecule has 2 N–H and O–H groups in total. The monoisotopic (exact) mass is 307 g/mol. The number of amides is 1. The fraction of sp³-hybridized carbons (Fsp3) is 0.500. The Morgan fingerprint density at radius 2 is 2.00 bits per heavy atom. The van der Waals surface area contributed by atoms with Crippen LogP contribution in [0.3, 0.4) is 0 Å². The second kappa shape index (κ2) is 7.26. The average Bonchev–Trinajstić information content (AvgIpc) is 2.50. The van der Waals surface area contributed by atoms with Gasteiger partial charge in [0.15, 0.2) is 0 Å². The van der Waals surface area contributed by atoms with Crippen LogP contribution in [-0.4, -0.2) is 35.9 Å². The highest BCUT2D eigenvalue weighted by atomic mass is 16.7. The van der Waals surface area contributed by atoms with Crippen LogP contribution in [0.5, 0.6) is 0 Å². The summed E-state index contributed by atoms with van der Waals surface area (Å²) in [6.45, 7) is 3.58. The van der Waals surface area contributed by atoms with Crippen LogP contribution >= 0.6 is 0 Å². The van der Waals surface area contributed by atoms with E-state index in [1.54, 1.807) is 6.92 Å². The molecule has 1 amide bonds. The minimum atomic E-state index is -0.800. The second-order valence-electron chi connectivity index (χ2n) is 5.57. The highest BCUT2D eigenvalue weighted by Gasteiger charge is 2.46. The number of β-lactam (4-membered cyclic amide) rings is 1. The SMILES string of the molecule is CC(OC(=O)OCc1ccccc1)[C@H]1C(=O)N[C@H]1C(C)CO. The number of hydrogen-bond donors (Lipinski definition) is 2. The fourth-order valence-corrected chi connectivity index (χ4v) is 2.51. The minimum Gasteiger partial charge on any atom is -0.430 e. The summed E-state index contributed by atoms with van der Waals surface area (Å²) in [5.41, 5.74) is 0.861. The van der Waals surface area contributed by atoms with Gasteiger partial charge < -0.3 is 19.9 Å². The molecule has 6 nitrogen and oxygen atoms in total. The molecule has 4 atom stereocenters. The van der Waals surface area contributed by atoms with Crippen molar-refractivity contribution < 1.29 is 24.2 Å². The Morgan fingerprint density at radius 3 is 2.59 bits per heavy atom. The van der Waals surface area contributed by atoms with Crippen molar-refractivity contribution in [1.29, 1.82) is 0 Å². The molecule has 0 saturated carbocycles. The van der Waals surface area contributed by atoms with Crippen molar-refractivity contribution in [2.45, 2.75) is 32.6 Å². The van der Waals surface area contributed by atoms with E-state index in [0.717, 1.165) is 5.56 Å². The molecule has 22 heavy (non-hydrogen) atoms. The summed E-state index contributed by atoms with van der Waals surface area (Å²) >= 11 is 0. The van der Waals surface area contributed by atoms with Gasteiger partial charge in [0, 0.05) is 18.6 Å². The summed E-state index contributed by atoms with van der Waals surface area (Å²) in [5.74, 6) is -0.714. The second-order valence-corrected chi connectivity index (χ2v) is 5.57. The maximum absolute atomic E-state index is 11.7. The number of hydrogen-bond acceptors (Lipinski definition) is 5. The number of carbonyl (C=O) groups excluding carboxylic acids is 2. The molecular formula is C16H21NO5. The number of aliphatic hydroxyl groups excluding tert-OH is 1. The predicted octanol–water partition coefficient (Wildman–Crippen LogP) is 1.47. The standard InChI is InChI=1S/C16H21NO5/c1-10(8-18)14-13(15(19)17-14)11(2)22-16(20)21-9-12-6-4-3-5-7-12/h3-7,10-11,13-14,18H,8-9H2,1-2H3,(H,17,19)/t10?,11?,13-,14+/m1/s1. The first-order valence-corrected chi connectivity index (χ1v) is 7.31. The molecule has 0 bridgehead atoms. The summed E-state index contributed by atoms with van der Waals surface area (Å²) in [6.07, 6.45) is -1.40. The first-order valence-electron chi connectivity index (χ1n) is 7.31. The highest BCUT2D eigenvalue weighted by Crippen LogP contribution is 2.27. The largest absolute Gasteiger partial charge is 0.508 e. The van der Waals surface area contributed by atoms with Crippen molar-refractivity contribution in [3.05, 3.63) is 35.9 Å². The fourth-order valence-electron chi connectivity index (χ4n) is 2.51. The normalized spacial score (nSPS) is 23.0. The van der Waals surface area contributed by atoms with Gasteiger partial charge in [-0.25, -0.2) is 4.79 Å². The lowest BCUT2D eigenvalue weighted by Gasteiger charge is -2.42. The van der Waals surface area contributed by atoms with E-state index in [9.17, 15) is 9.59 Å². The molecule has 0 aromatic heterocycles. The molecule has 0 spiro atoms. The third kappa shape index (κ3) is 3.76. The molecule has 1 aliphatic rings. The molecule has 1 fully saturated rings. The Labute approximate surface area is 129 Å². The van der Waals surface area contributed by atoms with Gasteiger partial charge in [-0.15, -0.1) is 0 Å². The van der Waals surface area contributed by atoms with E-state index >= 15 is 0 Å². The average molecular weight is 307 g/mol. The third-order valence-corrected chi connectivity index (χ3v) is 3.89. The summed E-state index contributed by atoms with van der Waals surface area (Å²) in [5, 5.41) is 11.9. The van der Waals surface area contributed by atoms with E-state index in [-0.39, 0.29) is 31.1 Å². The molecule has 1 aromatic rings. The van der Waals surface area contributed by atoms with Crippen molar-refractivity contribution in [3.63, 3.8) is 0 Å². The Hall–Kier alpha value is -2.08. The van der Waals surface area contributed by atoms with E-state index in [4.69, 9.17) is 14.6 Å². The molecule has 0 aliphatic carbocycles. The van der Waals surface area contributed by atoms with Gasteiger partial charge in [-0.1, -0.05) is 37.3 Å². The van der Waals surface area contributed by atoms with Gasteiger partial charge in [0.05, 0.1) is 5.92 Å². The first-order chi connectivity index (χ1) is 10.5. The van der Waals surface area contributed by atoms with Crippen molar-refractivity contribution in [1.82, 2.24) is 5.32 Å². The van der Waals surface area contributed by atoms with E-state index in [0.29, 0.717) is 0 Å². The van der Waals surface area contributed by atoms with Crippen molar-refractivity contribution >= 4 is 12.1 Å². The summed E-state index contributed by atoms with van der Waals surface area (Å²) in [7, 11) is 0. The van der Waals surface area contributed by atoms with Gasteiger partial charge in [-0.05, 0) is 12.5 Å². The molecule has 0 radical (unpaired) electrons. The Balaban J connectivity index is 1.82. The zero-order valence-electron chi connectivity index (χ0n) is 12.7. The van der Waals surface area contributed by atoms with Crippen LogP contribution in [0.1, 0.15) is 19.4 Å². The molecule has 1 saturated heterocycles.